The Kier molecular flexibility index (Phi) is 4.10. The summed E-state index contributed by atoms with van der Waals surface area (Å²) in [5.41, 5.74) is 7.41. The van der Waals surface area contributed by atoms with Gasteiger partial charge in [0.2, 0.25) is 0 Å². The number of nitrogens with two attached hydrogens (primary N) is 1. The minimum atomic E-state index is -0.400. The number of hydrogen-bond acceptors (Lipinski definition) is 2. The van der Waals surface area contributed by atoms with Gasteiger partial charge in [0.25, 0.3) is 0 Å². The number of benzene rings is 2. The van der Waals surface area contributed by atoms with Gasteiger partial charge in [0.05, 0.1) is 10.2 Å². The molecule has 0 saturated carbocycles. The minimum absolute atomic E-state index is 0.318. The molecule has 0 amide bonds. The summed E-state index contributed by atoms with van der Waals surface area (Å²) < 4.78 is 19.4. The van der Waals surface area contributed by atoms with Crippen molar-refractivity contribution in [2.24, 2.45) is 0 Å². The molecule has 2 aromatic rings. The van der Waals surface area contributed by atoms with Crippen molar-refractivity contribution in [2.75, 3.05) is 5.73 Å². The van der Waals surface area contributed by atoms with Crippen LogP contribution in [0.25, 0.3) is 0 Å². The lowest BCUT2D eigenvalue weighted by Crippen LogP contribution is -1.94. The quantitative estimate of drug-likeness (QED) is 0.799. The second-order valence-corrected chi connectivity index (χ2v) is 5.48. The Morgan fingerprint density at radius 1 is 1.16 bits per heavy atom. The SMILES string of the molecule is CC(C)c1ccc(Oc2cc(F)c(Br)cc2N)cc1. The Bertz CT molecular complexity index is 581. The van der Waals surface area contributed by atoms with Gasteiger partial charge in [-0.1, -0.05) is 26.0 Å². The molecule has 2 rings (SSSR count). The third-order valence-electron chi connectivity index (χ3n) is 2.83. The summed E-state index contributed by atoms with van der Waals surface area (Å²) in [6.07, 6.45) is 0. The van der Waals surface area contributed by atoms with Crippen molar-refractivity contribution in [1.29, 1.82) is 0 Å². The fourth-order valence-electron chi connectivity index (χ4n) is 1.68. The third-order valence-corrected chi connectivity index (χ3v) is 3.43. The molecule has 2 N–H and O–H groups in total. The van der Waals surface area contributed by atoms with E-state index in [4.69, 9.17) is 10.5 Å². The van der Waals surface area contributed by atoms with Gasteiger partial charge in [-0.15, -0.1) is 0 Å². The molecule has 0 spiro atoms. The van der Waals surface area contributed by atoms with Crippen molar-refractivity contribution in [2.45, 2.75) is 19.8 Å². The van der Waals surface area contributed by atoms with Crippen molar-refractivity contribution < 1.29 is 9.13 Å². The molecule has 0 unspecified atom stereocenters. The highest BCUT2D eigenvalue weighted by Crippen LogP contribution is 2.32. The smallest absolute Gasteiger partial charge is 0.153 e. The van der Waals surface area contributed by atoms with Gasteiger partial charge in [0.15, 0.2) is 5.75 Å². The Morgan fingerprint density at radius 3 is 2.37 bits per heavy atom. The van der Waals surface area contributed by atoms with E-state index in [1.807, 2.05) is 24.3 Å². The van der Waals surface area contributed by atoms with Gasteiger partial charge in [-0.3, -0.25) is 0 Å². The second-order valence-electron chi connectivity index (χ2n) is 4.63. The Labute approximate surface area is 120 Å². The van der Waals surface area contributed by atoms with Gasteiger partial charge >= 0.3 is 0 Å². The van der Waals surface area contributed by atoms with E-state index >= 15 is 0 Å². The first kappa shape index (κ1) is 13.9. The van der Waals surface area contributed by atoms with Crippen LogP contribution in [0.5, 0.6) is 11.5 Å². The number of ether oxygens (including phenoxy) is 1. The molecule has 100 valence electrons. The molecule has 0 aliphatic rings. The van der Waals surface area contributed by atoms with Crippen LogP contribution in [0.1, 0.15) is 25.3 Å². The molecule has 4 heteroatoms. The normalized spacial score (nSPS) is 10.8. The monoisotopic (exact) mass is 323 g/mol. The zero-order chi connectivity index (χ0) is 14.0. The summed E-state index contributed by atoms with van der Waals surface area (Å²) in [5, 5.41) is 0. The summed E-state index contributed by atoms with van der Waals surface area (Å²) in [4.78, 5) is 0. The molecule has 2 nitrogen and oxygen atoms in total. The summed E-state index contributed by atoms with van der Waals surface area (Å²) in [7, 11) is 0. The van der Waals surface area contributed by atoms with Crippen LogP contribution < -0.4 is 10.5 Å². The first-order valence-corrected chi connectivity index (χ1v) is 6.79. The lowest BCUT2D eigenvalue weighted by molar-refractivity contribution is 0.478. The molecule has 0 fully saturated rings. The van der Waals surface area contributed by atoms with E-state index in [0.29, 0.717) is 27.6 Å². The number of anilines is 1. The highest BCUT2D eigenvalue weighted by molar-refractivity contribution is 9.10. The Hall–Kier alpha value is -1.55. The number of rotatable bonds is 3. The van der Waals surface area contributed by atoms with Crippen molar-refractivity contribution in [3.05, 3.63) is 52.3 Å². The molecular weight excluding hydrogens is 309 g/mol. The first-order chi connectivity index (χ1) is 8.97. The number of hydrogen-bond donors (Lipinski definition) is 1. The predicted molar refractivity (Wildman–Crippen MR) is 79.1 cm³/mol. The summed E-state index contributed by atoms with van der Waals surface area (Å²) in [6, 6.07) is 10.5. The fourth-order valence-corrected chi connectivity index (χ4v) is 2.04. The van der Waals surface area contributed by atoms with E-state index in [9.17, 15) is 4.39 Å². The highest BCUT2D eigenvalue weighted by Gasteiger charge is 2.08. The van der Waals surface area contributed by atoms with Crippen LogP contribution in [0.15, 0.2) is 40.9 Å². The van der Waals surface area contributed by atoms with Gasteiger partial charge in [0.1, 0.15) is 11.6 Å². The van der Waals surface area contributed by atoms with Crippen molar-refractivity contribution in [3.63, 3.8) is 0 Å². The maximum atomic E-state index is 13.4. The maximum absolute atomic E-state index is 13.4. The van der Waals surface area contributed by atoms with Crippen LogP contribution in [-0.2, 0) is 0 Å². The van der Waals surface area contributed by atoms with E-state index in [1.54, 1.807) is 0 Å². The lowest BCUT2D eigenvalue weighted by atomic mass is 10.0. The van der Waals surface area contributed by atoms with Crippen molar-refractivity contribution >= 4 is 21.6 Å². The molecular formula is C15H15BrFNO. The van der Waals surface area contributed by atoms with E-state index < -0.39 is 5.82 Å². The first-order valence-electron chi connectivity index (χ1n) is 5.99. The second kappa shape index (κ2) is 5.61. The molecule has 0 bridgehead atoms. The van der Waals surface area contributed by atoms with E-state index in [1.165, 1.54) is 17.7 Å². The minimum Gasteiger partial charge on any atom is -0.455 e. The summed E-state index contributed by atoms with van der Waals surface area (Å²) in [6.45, 7) is 4.25. The van der Waals surface area contributed by atoms with Gasteiger partial charge in [-0.25, -0.2) is 4.39 Å². The number of halogens is 2. The largest absolute Gasteiger partial charge is 0.455 e. The lowest BCUT2D eigenvalue weighted by Gasteiger charge is -2.11. The van der Waals surface area contributed by atoms with E-state index in [2.05, 4.69) is 29.8 Å². The molecule has 0 heterocycles. The van der Waals surface area contributed by atoms with Gasteiger partial charge in [-0.2, -0.15) is 0 Å². The predicted octanol–water partition coefficient (Wildman–Crippen LogP) is 5.09. The Morgan fingerprint density at radius 2 is 1.79 bits per heavy atom. The molecule has 0 radical (unpaired) electrons. The van der Waals surface area contributed by atoms with E-state index in [-0.39, 0.29) is 0 Å². The van der Waals surface area contributed by atoms with Crippen LogP contribution >= 0.6 is 15.9 Å². The molecule has 2 aromatic carbocycles. The van der Waals surface area contributed by atoms with E-state index in [0.717, 1.165) is 0 Å². The van der Waals surface area contributed by atoms with Crippen LogP contribution in [-0.4, -0.2) is 0 Å². The molecule has 0 aromatic heterocycles. The summed E-state index contributed by atoms with van der Waals surface area (Å²) in [5.74, 6) is 1.02. The zero-order valence-corrected chi connectivity index (χ0v) is 12.4. The number of nitrogen functional groups attached to an aromatic ring is 1. The standard InChI is InChI=1S/C15H15BrFNO/c1-9(2)10-3-5-11(6-4-10)19-15-8-13(17)12(16)7-14(15)18/h3-9H,18H2,1-2H3. The highest BCUT2D eigenvalue weighted by atomic mass is 79.9. The maximum Gasteiger partial charge on any atom is 0.153 e. The fraction of sp³-hybridized carbons (Fsp3) is 0.200. The molecule has 0 atom stereocenters. The Balaban J connectivity index is 2.24. The van der Waals surface area contributed by atoms with Crippen molar-refractivity contribution in [1.82, 2.24) is 0 Å². The van der Waals surface area contributed by atoms with Crippen LogP contribution in [0.4, 0.5) is 10.1 Å². The van der Waals surface area contributed by atoms with Crippen molar-refractivity contribution in [3.8, 4) is 11.5 Å². The van der Waals surface area contributed by atoms with Crippen LogP contribution in [0.3, 0.4) is 0 Å². The zero-order valence-electron chi connectivity index (χ0n) is 10.8. The summed E-state index contributed by atoms with van der Waals surface area (Å²) >= 11 is 3.08. The van der Waals surface area contributed by atoms with Gasteiger partial charge < -0.3 is 10.5 Å². The van der Waals surface area contributed by atoms with Crippen LogP contribution in [0.2, 0.25) is 0 Å². The molecule has 19 heavy (non-hydrogen) atoms. The van der Waals surface area contributed by atoms with Crippen LogP contribution in [0, 0.1) is 5.82 Å². The molecule has 0 saturated heterocycles. The molecule has 0 aliphatic carbocycles. The topological polar surface area (TPSA) is 35.2 Å². The average Bonchev–Trinajstić information content (AvgIpc) is 2.36. The third kappa shape index (κ3) is 3.26. The van der Waals surface area contributed by atoms with Gasteiger partial charge in [0, 0.05) is 6.07 Å². The molecule has 0 aliphatic heterocycles. The average molecular weight is 324 g/mol. The van der Waals surface area contributed by atoms with Gasteiger partial charge in [-0.05, 0) is 45.6 Å².